The van der Waals surface area contributed by atoms with E-state index in [9.17, 15) is 4.79 Å². The van der Waals surface area contributed by atoms with Gasteiger partial charge in [0.1, 0.15) is 0 Å². The van der Waals surface area contributed by atoms with Gasteiger partial charge in [0, 0.05) is 16.6 Å². The maximum absolute atomic E-state index is 11.6. The van der Waals surface area contributed by atoms with Gasteiger partial charge >= 0.3 is 0 Å². The molecule has 2 nitrogen and oxygen atoms in total. The lowest BCUT2D eigenvalue weighted by Crippen LogP contribution is -2.12. The fraction of sp³-hybridized carbons (Fsp3) is 0.133. The maximum Gasteiger partial charge on any atom is 0.250 e. The Kier molecular flexibility index (Phi) is 2.96. The average molecular weight is 225 g/mol. The second-order valence-electron chi connectivity index (χ2n) is 4.21. The van der Waals surface area contributed by atoms with Gasteiger partial charge in [0.05, 0.1) is 0 Å². The highest BCUT2D eigenvalue weighted by Gasteiger charge is 2.06. The number of anilines is 1. The van der Waals surface area contributed by atoms with Crippen molar-refractivity contribution in [2.75, 3.05) is 5.32 Å². The highest BCUT2D eigenvalue weighted by Crippen LogP contribution is 2.25. The SMILES string of the molecule is C=C(C)C(=O)Nc1cccc2c(C)cccc12. The van der Waals surface area contributed by atoms with Crippen molar-refractivity contribution in [1.29, 1.82) is 0 Å². The predicted molar refractivity (Wildman–Crippen MR) is 72.1 cm³/mol. The Hall–Kier alpha value is -2.09. The van der Waals surface area contributed by atoms with Gasteiger partial charge < -0.3 is 5.32 Å². The number of carbonyl (C=O) groups excluding carboxylic acids is 1. The highest BCUT2D eigenvalue weighted by atomic mass is 16.1. The van der Waals surface area contributed by atoms with Crippen molar-refractivity contribution in [3.05, 3.63) is 54.1 Å². The van der Waals surface area contributed by atoms with Crippen LogP contribution < -0.4 is 5.32 Å². The van der Waals surface area contributed by atoms with Crippen LogP contribution in [-0.2, 0) is 4.79 Å². The summed E-state index contributed by atoms with van der Waals surface area (Å²) in [5.74, 6) is -0.140. The standard InChI is InChI=1S/C15H15NO/c1-10(2)15(17)16-14-9-5-7-12-11(3)6-4-8-13(12)14/h4-9H,1H2,2-3H3,(H,16,17). The van der Waals surface area contributed by atoms with Crippen LogP contribution in [0.15, 0.2) is 48.6 Å². The molecule has 0 aliphatic heterocycles. The zero-order valence-corrected chi connectivity index (χ0v) is 10.1. The van der Waals surface area contributed by atoms with Crippen LogP contribution in [-0.4, -0.2) is 5.91 Å². The van der Waals surface area contributed by atoms with Crippen LogP contribution in [0.1, 0.15) is 12.5 Å². The van der Waals surface area contributed by atoms with Gasteiger partial charge in [-0.3, -0.25) is 4.79 Å². The van der Waals surface area contributed by atoms with Gasteiger partial charge in [-0.15, -0.1) is 0 Å². The first-order valence-electron chi connectivity index (χ1n) is 5.55. The third-order valence-electron chi connectivity index (χ3n) is 2.78. The molecule has 0 radical (unpaired) electrons. The van der Waals surface area contributed by atoms with Gasteiger partial charge in [-0.05, 0) is 30.9 Å². The number of amides is 1. The molecule has 0 atom stereocenters. The lowest BCUT2D eigenvalue weighted by atomic mass is 10.0. The van der Waals surface area contributed by atoms with E-state index in [2.05, 4.69) is 31.0 Å². The van der Waals surface area contributed by atoms with E-state index in [-0.39, 0.29) is 5.91 Å². The molecule has 0 saturated heterocycles. The monoisotopic (exact) mass is 225 g/mol. The van der Waals surface area contributed by atoms with Crippen molar-refractivity contribution in [2.24, 2.45) is 0 Å². The minimum absolute atomic E-state index is 0.140. The minimum Gasteiger partial charge on any atom is -0.322 e. The van der Waals surface area contributed by atoms with E-state index in [0.29, 0.717) is 5.57 Å². The molecule has 2 aromatic rings. The molecular weight excluding hydrogens is 210 g/mol. The van der Waals surface area contributed by atoms with Crippen molar-refractivity contribution in [3.63, 3.8) is 0 Å². The molecule has 1 N–H and O–H groups in total. The summed E-state index contributed by atoms with van der Waals surface area (Å²) in [4.78, 5) is 11.6. The Balaban J connectivity index is 2.52. The van der Waals surface area contributed by atoms with Crippen LogP contribution in [0, 0.1) is 6.92 Å². The van der Waals surface area contributed by atoms with E-state index in [1.165, 1.54) is 5.56 Å². The van der Waals surface area contributed by atoms with E-state index in [1.54, 1.807) is 6.92 Å². The lowest BCUT2D eigenvalue weighted by Gasteiger charge is -2.09. The molecule has 0 fully saturated rings. The Morgan fingerprint density at radius 2 is 1.76 bits per heavy atom. The fourth-order valence-electron chi connectivity index (χ4n) is 1.81. The molecule has 0 aliphatic carbocycles. The maximum atomic E-state index is 11.6. The zero-order valence-electron chi connectivity index (χ0n) is 10.1. The van der Waals surface area contributed by atoms with Gasteiger partial charge in [-0.1, -0.05) is 36.9 Å². The number of nitrogens with one attached hydrogen (secondary N) is 1. The fourth-order valence-corrected chi connectivity index (χ4v) is 1.81. The summed E-state index contributed by atoms with van der Waals surface area (Å²) >= 11 is 0. The number of aryl methyl sites for hydroxylation is 1. The van der Waals surface area contributed by atoms with Crippen molar-refractivity contribution in [1.82, 2.24) is 0 Å². The molecule has 86 valence electrons. The summed E-state index contributed by atoms with van der Waals surface area (Å²) in [5, 5.41) is 5.09. The molecule has 2 heteroatoms. The number of carbonyl (C=O) groups is 1. The van der Waals surface area contributed by atoms with Gasteiger partial charge in [0.25, 0.3) is 5.91 Å². The molecule has 0 bridgehead atoms. The largest absolute Gasteiger partial charge is 0.322 e. The molecular formula is C15H15NO. The summed E-state index contributed by atoms with van der Waals surface area (Å²) in [6.45, 7) is 7.40. The highest BCUT2D eigenvalue weighted by molar-refractivity contribution is 6.08. The number of fused-ring (bicyclic) bond motifs is 1. The quantitative estimate of drug-likeness (QED) is 0.776. The normalized spacial score (nSPS) is 10.2. The van der Waals surface area contributed by atoms with Gasteiger partial charge in [-0.25, -0.2) is 0 Å². The van der Waals surface area contributed by atoms with Crippen molar-refractivity contribution in [2.45, 2.75) is 13.8 Å². The minimum atomic E-state index is -0.140. The van der Waals surface area contributed by atoms with E-state index in [0.717, 1.165) is 16.5 Å². The van der Waals surface area contributed by atoms with Crippen LogP contribution in [0.3, 0.4) is 0 Å². The lowest BCUT2D eigenvalue weighted by molar-refractivity contribution is -0.112. The van der Waals surface area contributed by atoms with Crippen LogP contribution in [0.25, 0.3) is 10.8 Å². The molecule has 0 saturated carbocycles. The Labute approximate surface area is 101 Å². The Morgan fingerprint density at radius 3 is 2.47 bits per heavy atom. The topological polar surface area (TPSA) is 29.1 Å². The summed E-state index contributed by atoms with van der Waals surface area (Å²) in [6, 6.07) is 12.0. The molecule has 0 spiro atoms. The summed E-state index contributed by atoms with van der Waals surface area (Å²) < 4.78 is 0. The smallest absolute Gasteiger partial charge is 0.250 e. The molecule has 0 aliphatic rings. The van der Waals surface area contributed by atoms with Crippen LogP contribution >= 0.6 is 0 Å². The van der Waals surface area contributed by atoms with Crippen molar-refractivity contribution in [3.8, 4) is 0 Å². The molecule has 17 heavy (non-hydrogen) atoms. The second kappa shape index (κ2) is 4.42. The van der Waals surface area contributed by atoms with E-state index in [1.807, 2.05) is 24.3 Å². The predicted octanol–water partition coefficient (Wildman–Crippen LogP) is 3.66. The zero-order chi connectivity index (χ0) is 12.4. The number of rotatable bonds is 2. The Bertz CT molecular complexity index is 599. The number of hydrogen-bond donors (Lipinski definition) is 1. The first-order valence-corrected chi connectivity index (χ1v) is 5.55. The first-order chi connectivity index (χ1) is 8.09. The summed E-state index contributed by atoms with van der Waals surface area (Å²) in [5.41, 5.74) is 2.54. The van der Waals surface area contributed by atoms with Gasteiger partial charge in [0.2, 0.25) is 0 Å². The Morgan fingerprint density at radius 1 is 1.12 bits per heavy atom. The molecule has 0 heterocycles. The van der Waals surface area contributed by atoms with Crippen LogP contribution in [0.4, 0.5) is 5.69 Å². The molecule has 2 rings (SSSR count). The van der Waals surface area contributed by atoms with Crippen LogP contribution in [0.5, 0.6) is 0 Å². The van der Waals surface area contributed by atoms with Gasteiger partial charge in [0.15, 0.2) is 0 Å². The number of hydrogen-bond acceptors (Lipinski definition) is 1. The molecule has 0 unspecified atom stereocenters. The van der Waals surface area contributed by atoms with Crippen molar-refractivity contribution < 1.29 is 4.79 Å². The number of benzene rings is 2. The van der Waals surface area contributed by atoms with Crippen molar-refractivity contribution >= 4 is 22.4 Å². The average Bonchev–Trinajstić information content (AvgIpc) is 2.30. The summed E-state index contributed by atoms with van der Waals surface area (Å²) in [7, 11) is 0. The van der Waals surface area contributed by atoms with Crippen LogP contribution in [0.2, 0.25) is 0 Å². The summed E-state index contributed by atoms with van der Waals surface area (Å²) in [6.07, 6.45) is 0. The third kappa shape index (κ3) is 2.21. The second-order valence-corrected chi connectivity index (χ2v) is 4.21. The van der Waals surface area contributed by atoms with E-state index < -0.39 is 0 Å². The van der Waals surface area contributed by atoms with E-state index >= 15 is 0 Å². The van der Waals surface area contributed by atoms with E-state index in [4.69, 9.17) is 0 Å². The third-order valence-corrected chi connectivity index (χ3v) is 2.78. The van der Waals surface area contributed by atoms with Gasteiger partial charge in [-0.2, -0.15) is 0 Å². The first kappa shape index (κ1) is 11.4. The molecule has 1 amide bonds. The molecule has 2 aromatic carbocycles. The molecule has 0 aromatic heterocycles.